The summed E-state index contributed by atoms with van der Waals surface area (Å²) in [5.41, 5.74) is 1.66. The number of benzene rings is 1. The van der Waals surface area contributed by atoms with Crippen LogP contribution < -0.4 is 10.1 Å². The molecule has 0 aliphatic carbocycles. The lowest BCUT2D eigenvalue weighted by molar-refractivity contribution is 0.391. The van der Waals surface area contributed by atoms with E-state index in [1.165, 1.54) is 12.1 Å². The molecular weight excluding hydrogens is 264 g/mol. The van der Waals surface area contributed by atoms with Crippen molar-refractivity contribution < 1.29 is 13.5 Å². The third kappa shape index (κ3) is 3.27. The Morgan fingerprint density at radius 2 is 2.10 bits per heavy atom. The molecule has 1 aromatic carbocycles. The standard InChI is InChI=1S/C14H15F2N3O/c1-3-17-7-10-8-18-14(19-9(10)2)20-12-6-4-5-11(15)13(12)16/h4-6,8,17H,3,7H2,1-2H3. The number of rotatable bonds is 5. The van der Waals surface area contributed by atoms with Crippen molar-refractivity contribution in [3.63, 3.8) is 0 Å². The molecule has 20 heavy (non-hydrogen) atoms. The van der Waals surface area contributed by atoms with Gasteiger partial charge in [0.1, 0.15) is 0 Å². The van der Waals surface area contributed by atoms with E-state index in [-0.39, 0.29) is 11.8 Å². The molecule has 0 unspecified atom stereocenters. The second-order valence-electron chi connectivity index (χ2n) is 4.20. The second kappa shape index (κ2) is 6.38. The Hall–Kier alpha value is -2.08. The first-order valence-electron chi connectivity index (χ1n) is 6.27. The van der Waals surface area contributed by atoms with Gasteiger partial charge in [-0.25, -0.2) is 9.37 Å². The minimum atomic E-state index is -1.05. The van der Waals surface area contributed by atoms with E-state index < -0.39 is 11.6 Å². The number of nitrogens with zero attached hydrogens (tertiary/aromatic N) is 2. The van der Waals surface area contributed by atoms with Crippen molar-refractivity contribution in [3.8, 4) is 11.8 Å². The average Bonchev–Trinajstić information content (AvgIpc) is 2.43. The molecule has 0 radical (unpaired) electrons. The van der Waals surface area contributed by atoms with Crippen molar-refractivity contribution >= 4 is 0 Å². The summed E-state index contributed by atoms with van der Waals surface area (Å²) in [4.78, 5) is 8.13. The molecule has 6 heteroatoms. The fraction of sp³-hybridized carbons (Fsp3) is 0.286. The predicted molar refractivity (Wildman–Crippen MR) is 70.6 cm³/mol. The van der Waals surface area contributed by atoms with E-state index in [4.69, 9.17) is 4.74 Å². The maximum Gasteiger partial charge on any atom is 0.322 e. The van der Waals surface area contributed by atoms with Gasteiger partial charge >= 0.3 is 6.01 Å². The van der Waals surface area contributed by atoms with Gasteiger partial charge in [0.2, 0.25) is 5.82 Å². The van der Waals surface area contributed by atoms with Crippen molar-refractivity contribution in [3.05, 3.63) is 47.3 Å². The van der Waals surface area contributed by atoms with Gasteiger partial charge in [-0.05, 0) is 25.6 Å². The highest BCUT2D eigenvalue weighted by Gasteiger charge is 2.11. The van der Waals surface area contributed by atoms with E-state index in [2.05, 4.69) is 15.3 Å². The third-order valence-electron chi connectivity index (χ3n) is 2.74. The minimum Gasteiger partial charge on any atom is -0.421 e. The normalized spacial score (nSPS) is 10.6. The summed E-state index contributed by atoms with van der Waals surface area (Å²) in [6.45, 7) is 5.30. The molecular formula is C14H15F2N3O. The van der Waals surface area contributed by atoms with Crippen LogP contribution in [0.25, 0.3) is 0 Å². The van der Waals surface area contributed by atoms with E-state index in [0.717, 1.165) is 23.9 Å². The maximum absolute atomic E-state index is 13.5. The summed E-state index contributed by atoms with van der Waals surface area (Å²) in [5.74, 6) is -2.25. The van der Waals surface area contributed by atoms with Gasteiger partial charge in [-0.2, -0.15) is 9.37 Å². The highest BCUT2D eigenvalue weighted by Crippen LogP contribution is 2.23. The Kier molecular flexibility index (Phi) is 4.57. The highest BCUT2D eigenvalue weighted by atomic mass is 19.2. The molecule has 0 bridgehead atoms. The number of hydrogen-bond donors (Lipinski definition) is 1. The van der Waals surface area contributed by atoms with E-state index >= 15 is 0 Å². The summed E-state index contributed by atoms with van der Waals surface area (Å²) in [6.07, 6.45) is 1.61. The zero-order valence-electron chi connectivity index (χ0n) is 11.3. The summed E-state index contributed by atoms with van der Waals surface area (Å²) in [5, 5.41) is 3.16. The second-order valence-corrected chi connectivity index (χ2v) is 4.20. The largest absolute Gasteiger partial charge is 0.421 e. The molecule has 0 spiro atoms. The molecule has 0 saturated carbocycles. The molecule has 0 amide bonds. The Labute approximate surface area is 115 Å². The molecule has 106 valence electrons. The van der Waals surface area contributed by atoms with Crippen LogP contribution >= 0.6 is 0 Å². The van der Waals surface area contributed by atoms with E-state index in [1.807, 2.05) is 13.8 Å². The fourth-order valence-corrected chi connectivity index (χ4v) is 1.61. The first-order valence-corrected chi connectivity index (χ1v) is 6.27. The Morgan fingerprint density at radius 3 is 2.80 bits per heavy atom. The van der Waals surface area contributed by atoms with Crippen LogP contribution in [0.15, 0.2) is 24.4 Å². The minimum absolute atomic E-state index is 0.00718. The molecule has 4 nitrogen and oxygen atoms in total. The fourth-order valence-electron chi connectivity index (χ4n) is 1.61. The molecule has 2 aromatic rings. The summed E-state index contributed by atoms with van der Waals surface area (Å²) in [7, 11) is 0. The smallest absolute Gasteiger partial charge is 0.322 e. The molecule has 1 aromatic heterocycles. The van der Waals surface area contributed by atoms with Gasteiger partial charge in [0.25, 0.3) is 0 Å². The quantitative estimate of drug-likeness (QED) is 0.914. The van der Waals surface area contributed by atoms with Gasteiger partial charge in [0.15, 0.2) is 11.6 Å². The first-order chi connectivity index (χ1) is 9.61. The number of halogens is 2. The van der Waals surface area contributed by atoms with Gasteiger partial charge in [-0.1, -0.05) is 13.0 Å². The maximum atomic E-state index is 13.5. The number of aryl methyl sites for hydroxylation is 1. The zero-order valence-corrected chi connectivity index (χ0v) is 11.3. The van der Waals surface area contributed by atoms with Gasteiger partial charge < -0.3 is 10.1 Å². The van der Waals surface area contributed by atoms with Crippen molar-refractivity contribution in [1.29, 1.82) is 0 Å². The van der Waals surface area contributed by atoms with Crippen molar-refractivity contribution in [2.24, 2.45) is 0 Å². The monoisotopic (exact) mass is 279 g/mol. The Balaban J connectivity index is 2.18. The van der Waals surface area contributed by atoms with E-state index in [0.29, 0.717) is 6.54 Å². The van der Waals surface area contributed by atoms with E-state index in [9.17, 15) is 8.78 Å². The van der Waals surface area contributed by atoms with Crippen molar-refractivity contribution in [2.45, 2.75) is 20.4 Å². The molecule has 0 fully saturated rings. The number of hydrogen-bond acceptors (Lipinski definition) is 4. The molecule has 0 aliphatic rings. The third-order valence-corrected chi connectivity index (χ3v) is 2.74. The van der Waals surface area contributed by atoms with Crippen LogP contribution in [0.1, 0.15) is 18.2 Å². The van der Waals surface area contributed by atoms with Gasteiger partial charge in [-0.15, -0.1) is 0 Å². The molecule has 2 rings (SSSR count). The van der Waals surface area contributed by atoms with Crippen LogP contribution in [-0.2, 0) is 6.54 Å². The van der Waals surface area contributed by atoms with E-state index in [1.54, 1.807) is 6.20 Å². The van der Waals surface area contributed by atoms with Crippen LogP contribution in [0.4, 0.5) is 8.78 Å². The molecule has 0 saturated heterocycles. The van der Waals surface area contributed by atoms with Gasteiger partial charge in [0, 0.05) is 24.0 Å². The van der Waals surface area contributed by atoms with Crippen LogP contribution in [0.3, 0.4) is 0 Å². The summed E-state index contributed by atoms with van der Waals surface area (Å²) < 4.78 is 31.7. The Bertz CT molecular complexity index is 605. The summed E-state index contributed by atoms with van der Waals surface area (Å²) >= 11 is 0. The van der Waals surface area contributed by atoms with Crippen LogP contribution in [0.5, 0.6) is 11.8 Å². The topological polar surface area (TPSA) is 47.0 Å². The van der Waals surface area contributed by atoms with Gasteiger partial charge in [-0.3, -0.25) is 0 Å². The summed E-state index contributed by atoms with van der Waals surface area (Å²) in [6, 6.07) is 3.70. The lowest BCUT2D eigenvalue weighted by atomic mass is 10.2. The highest BCUT2D eigenvalue weighted by molar-refractivity contribution is 5.28. The van der Waals surface area contributed by atoms with Crippen molar-refractivity contribution in [1.82, 2.24) is 15.3 Å². The molecule has 1 heterocycles. The number of aromatic nitrogens is 2. The predicted octanol–water partition coefficient (Wildman–Crippen LogP) is 2.97. The van der Waals surface area contributed by atoms with Crippen LogP contribution in [-0.4, -0.2) is 16.5 Å². The zero-order chi connectivity index (χ0) is 14.5. The molecule has 0 aliphatic heterocycles. The van der Waals surface area contributed by atoms with Crippen LogP contribution in [0.2, 0.25) is 0 Å². The van der Waals surface area contributed by atoms with Crippen molar-refractivity contribution in [2.75, 3.05) is 6.54 Å². The number of nitrogens with one attached hydrogen (secondary N) is 1. The Morgan fingerprint density at radius 1 is 1.30 bits per heavy atom. The van der Waals surface area contributed by atoms with Gasteiger partial charge in [0.05, 0.1) is 0 Å². The lowest BCUT2D eigenvalue weighted by Crippen LogP contribution is -2.13. The SMILES string of the molecule is CCNCc1cnc(Oc2cccc(F)c2F)nc1C. The first kappa shape index (κ1) is 14.3. The molecule has 0 atom stereocenters. The van der Waals surface area contributed by atoms with Crippen LogP contribution in [0, 0.1) is 18.6 Å². The average molecular weight is 279 g/mol. The number of ether oxygens (including phenoxy) is 1. The molecule has 1 N–H and O–H groups in total. The lowest BCUT2D eigenvalue weighted by Gasteiger charge is -2.08.